The first-order chi connectivity index (χ1) is 8.99. The van der Waals surface area contributed by atoms with Crippen LogP contribution in [0.25, 0.3) is 0 Å². The molecule has 0 saturated heterocycles. The lowest BCUT2D eigenvalue weighted by Crippen LogP contribution is -2.05. The van der Waals surface area contributed by atoms with E-state index in [-0.39, 0.29) is 5.56 Å². The molecular formula is C12H10BrN3O2S. The molecule has 2 rings (SSSR count). The number of aromatic carboxylic acids is 1. The van der Waals surface area contributed by atoms with Gasteiger partial charge in [0.05, 0.1) is 10.0 Å². The topological polar surface area (TPSA) is 76.0 Å². The predicted octanol–water partition coefficient (Wildman–Crippen LogP) is 3.10. The molecule has 5 nitrogen and oxygen atoms in total. The average molecular weight is 340 g/mol. The molecule has 98 valence electrons. The van der Waals surface area contributed by atoms with Gasteiger partial charge in [-0.1, -0.05) is 0 Å². The minimum Gasteiger partial charge on any atom is -0.478 e. The molecule has 2 aromatic rings. The minimum absolute atomic E-state index is 0.209. The molecule has 7 heteroatoms. The number of hydrogen-bond acceptors (Lipinski definition) is 5. The van der Waals surface area contributed by atoms with Crippen LogP contribution in [0.3, 0.4) is 0 Å². The third-order valence-electron chi connectivity index (χ3n) is 2.35. The van der Waals surface area contributed by atoms with Crippen LogP contribution >= 0.6 is 27.7 Å². The monoisotopic (exact) mass is 339 g/mol. The maximum atomic E-state index is 11.3. The second-order valence-corrected chi connectivity index (χ2v) is 5.68. The highest BCUT2D eigenvalue weighted by atomic mass is 79.9. The number of aryl methyl sites for hydroxylation is 2. The second kappa shape index (κ2) is 5.66. The van der Waals surface area contributed by atoms with Crippen molar-refractivity contribution in [1.29, 1.82) is 0 Å². The molecule has 0 aliphatic rings. The molecule has 0 radical (unpaired) electrons. The van der Waals surface area contributed by atoms with Gasteiger partial charge in [-0.3, -0.25) is 0 Å². The van der Waals surface area contributed by atoms with Crippen molar-refractivity contribution in [3.63, 3.8) is 0 Å². The third kappa shape index (κ3) is 3.10. The van der Waals surface area contributed by atoms with Gasteiger partial charge >= 0.3 is 5.97 Å². The Kier molecular flexibility index (Phi) is 4.16. The van der Waals surface area contributed by atoms with Gasteiger partial charge in [0, 0.05) is 11.9 Å². The fraction of sp³-hybridized carbons (Fsp3) is 0.167. The summed E-state index contributed by atoms with van der Waals surface area (Å²) in [5.74, 6) is -0.988. The zero-order valence-corrected chi connectivity index (χ0v) is 12.6. The Morgan fingerprint density at radius 3 is 2.74 bits per heavy atom. The Morgan fingerprint density at radius 2 is 2.11 bits per heavy atom. The molecule has 0 fully saturated rings. The second-order valence-electron chi connectivity index (χ2n) is 3.84. The summed E-state index contributed by atoms with van der Waals surface area (Å²) in [6, 6.07) is 1.75. The standard InChI is InChI=1S/C12H10BrN3O2S/c1-6-3-7(2)16-11(9(6)12(17)18)19-10-8(13)4-14-5-15-10/h3-5H,1-2H3,(H,17,18). The lowest BCUT2D eigenvalue weighted by atomic mass is 10.1. The van der Waals surface area contributed by atoms with Crippen molar-refractivity contribution in [3.8, 4) is 0 Å². The molecule has 0 bridgehead atoms. The predicted molar refractivity (Wildman–Crippen MR) is 74.5 cm³/mol. The first-order valence-electron chi connectivity index (χ1n) is 5.34. The molecule has 2 heterocycles. The van der Waals surface area contributed by atoms with Crippen LogP contribution in [-0.2, 0) is 0 Å². The zero-order valence-electron chi connectivity index (χ0n) is 10.2. The van der Waals surface area contributed by atoms with Crippen molar-refractivity contribution in [2.24, 2.45) is 0 Å². The Morgan fingerprint density at radius 1 is 1.37 bits per heavy atom. The molecule has 0 atom stereocenters. The number of rotatable bonds is 3. The van der Waals surface area contributed by atoms with Crippen molar-refractivity contribution in [2.75, 3.05) is 0 Å². The normalized spacial score (nSPS) is 10.5. The highest BCUT2D eigenvalue weighted by Gasteiger charge is 2.18. The lowest BCUT2D eigenvalue weighted by molar-refractivity contribution is 0.0691. The highest BCUT2D eigenvalue weighted by molar-refractivity contribution is 9.10. The van der Waals surface area contributed by atoms with Crippen molar-refractivity contribution < 1.29 is 9.90 Å². The van der Waals surface area contributed by atoms with Crippen LogP contribution in [0.5, 0.6) is 0 Å². The highest BCUT2D eigenvalue weighted by Crippen LogP contribution is 2.33. The number of halogens is 1. The van der Waals surface area contributed by atoms with Gasteiger partial charge in [0.25, 0.3) is 0 Å². The van der Waals surface area contributed by atoms with E-state index in [2.05, 4.69) is 30.9 Å². The molecule has 0 aliphatic heterocycles. The Bertz CT molecular complexity index is 649. The number of hydrogen-bond donors (Lipinski definition) is 1. The Balaban J connectivity index is 2.51. The molecule has 0 aliphatic carbocycles. The van der Waals surface area contributed by atoms with Gasteiger partial charge in [0.2, 0.25) is 0 Å². The fourth-order valence-electron chi connectivity index (χ4n) is 1.60. The quantitative estimate of drug-likeness (QED) is 0.866. The molecule has 0 spiro atoms. The minimum atomic E-state index is -0.988. The summed E-state index contributed by atoms with van der Waals surface area (Å²) in [6.07, 6.45) is 3.02. The van der Waals surface area contributed by atoms with E-state index in [0.29, 0.717) is 20.1 Å². The number of pyridine rings is 1. The molecule has 0 saturated carbocycles. The van der Waals surface area contributed by atoms with Crippen LogP contribution in [0.1, 0.15) is 21.6 Å². The van der Waals surface area contributed by atoms with Crippen LogP contribution in [-0.4, -0.2) is 26.0 Å². The van der Waals surface area contributed by atoms with Gasteiger partial charge in [-0.25, -0.2) is 19.7 Å². The summed E-state index contributed by atoms with van der Waals surface area (Å²) in [5.41, 5.74) is 1.67. The van der Waals surface area contributed by atoms with E-state index in [0.717, 1.165) is 5.69 Å². The molecular weight excluding hydrogens is 330 g/mol. The number of carboxylic acid groups (broad SMARTS) is 1. The average Bonchev–Trinajstić information content (AvgIpc) is 2.30. The largest absolute Gasteiger partial charge is 0.478 e. The first-order valence-corrected chi connectivity index (χ1v) is 6.95. The van der Waals surface area contributed by atoms with Crippen LogP contribution in [0.2, 0.25) is 0 Å². The smallest absolute Gasteiger partial charge is 0.338 e. The van der Waals surface area contributed by atoms with Crippen molar-refractivity contribution in [1.82, 2.24) is 15.0 Å². The van der Waals surface area contributed by atoms with Gasteiger partial charge in [0.1, 0.15) is 16.4 Å². The van der Waals surface area contributed by atoms with Crippen molar-refractivity contribution in [2.45, 2.75) is 23.9 Å². The number of carboxylic acids is 1. The van der Waals surface area contributed by atoms with Crippen molar-refractivity contribution in [3.05, 3.63) is 39.9 Å². The van der Waals surface area contributed by atoms with Gasteiger partial charge < -0.3 is 5.11 Å². The van der Waals surface area contributed by atoms with Gasteiger partial charge in [-0.2, -0.15) is 0 Å². The Hall–Kier alpha value is -1.47. The van der Waals surface area contributed by atoms with E-state index in [1.54, 1.807) is 19.2 Å². The number of nitrogens with zero attached hydrogens (tertiary/aromatic N) is 3. The summed E-state index contributed by atoms with van der Waals surface area (Å²) in [6.45, 7) is 3.59. The maximum absolute atomic E-state index is 11.3. The molecule has 19 heavy (non-hydrogen) atoms. The number of aromatic nitrogens is 3. The summed E-state index contributed by atoms with van der Waals surface area (Å²) in [7, 11) is 0. The van der Waals surface area contributed by atoms with E-state index < -0.39 is 5.97 Å². The van der Waals surface area contributed by atoms with Crippen molar-refractivity contribution >= 4 is 33.7 Å². The van der Waals surface area contributed by atoms with Crippen LogP contribution < -0.4 is 0 Å². The first kappa shape index (κ1) is 14.0. The molecule has 0 unspecified atom stereocenters. The van der Waals surface area contributed by atoms with Gasteiger partial charge in [-0.15, -0.1) is 0 Å². The van der Waals surface area contributed by atoms with Gasteiger partial charge in [-0.05, 0) is 53.2 Å². The van der Waals surface area contributed by atoms with E-state index in [1.165, 1.54) is 18.1 Å². The molecule has 1 N–H and O–H groups in total. The molecule has 2 aromatic heterocycles. The molecule has 0 amide bonds. The number of carbonyl (C=O) groups is 1. The summed E-state index contributed by atoms with van der Waals surface area (Å²) in [4.78, 5) is 23.6. The summed E-state index contributed by atoms with van der Waals surface area (Å²) >= 11 is 4.54. The van der Waals surface area contributed by atoms with E-state index in [9.17, 15) is 9.90 Å². The summed E-state index contributed by atoms with van der Waals surface area (Å²) in [5, 5.41) is 10.4. The van der Waals surface area contributed by atoms with E-state index in [4.69, 9.17) is 0 Å². The lowest BCUT2D eigenvalue weighted by Gasteiger charge is -2.09. The SMILES string of the molecule is Cc1cc(C)c(C(=O)O)c(Sc2ncncc2Br)n1. The van der Waals surface area contributed by atoms with Crippen LogP contribution in [0.4, 0.5) is 0 Å². The summed E-state index contributed by atoms with van der Waals surface area (Å²) < 4.78 is 0.706. The third-order valence-corrected chi connectivity index (χ3v) is 4.20. The van der Waals surface area contributed by atoms with Crippen LogP contribution in [0, 0.1) is 13.8 Å². The van der Waals surface area contributed by atoms with Gasteiger partial charge in [0.15, 0.2) is 0 Å². The maximum Gasteiger partial charge on any atom is 0.338 e. The van der Waals surface area contributed by atoms with E-state index in [1.807, 2.05) is 6.92 Å². The molecule has 0 aromatic carbocycles. The zero-order chi connectivity index (χ0) is 14.0. The Labute approximate surface area is 122 Å². The van der Waals surface area contributed by atoms with E-state index >= 15 is 0 Å². The van der Waals surface area contributed by atoms with Crippen LogP contribution in [0.15, 0.2) is 33.1 Å². The fourth-order valence-corrected chi connectivity index (χ4v) is 3.04.